The fourth-order valence-electron chi connectivity index (χ4n) is 1.76. The molecule has 0 aromatic heterocycles. The first-order valence-corrected chi connectivity index (χ1v) is 4.31. The lowest BCUT2D eigenvalue weighted by Gasteiger charge is -2.01. The van der Waals surface area contributed by atoms with Gasteiger partial charge in [0.1, 0.15) is 0 Å². The maximum atomic E-state index is 3.40. The van der Waals surface area contributed by atoms with Crippen LogP contribution in [0.15, 0.2) is 0 Å². The van der Waals surface area contributed by atoms with E-state index in [1.807, 2.05) is 0 Å². The van der Waals surface area contributed by atoms with Crippen LogP contribution in [0.4, 0.5) is 0 Å². The van der Waals surface area contributed by atoms with E-state index in [9.17, 15) is 0 Å². The van der Waals surface area contributed by atoms with Gasteiger partial charge in [0.15, 0.2) is 0 Å². The molecule has 1 nitrogen and oxygen atoms in total. The van der Waals surface area contributed by atoms with Crippen molar-refractivity contribution in [2.75, 3.05) is 13.1 Å². The Hall–Kier alpha value is -0.0400. The molecule has 0 heterocycles. The predicted octanol–water partition coefficient (Wildman–Crippen LogP) is 1.89. The van der Waals surface area contributed by atoms with Crippen LogP contribution in [0.1, 0.15) is 27.7 Å². The van der Waals surface area contributed by atoms with Crippen molar-refractivity contribution in [3.8, 4) is 0 Å². The van der Waals surface area contributed by atoms with Crippen LogP contribution in [0.3, 0.4) is 0 Å². The summed E-state index contributed by atoms with van der Waals surface area (Å²) in [6, 6.07) is 0. The van der Waals surface area contributed by atoms with Crippen molar-refractivity contribution >= 4 is 0 Å². The van der Waals surface area contributed by atoms with Gasteiger partial charge in [0.05, 0.1) is 0 Å². The van der Waals surface area contributed by atoms with Crippen molar-refractivity contribution in [1.82, 2.24) is 5.32 Å². The topological polar surface area (TPSA) is 12.0 Å². The summed E-state index contributed by atoms with van der Waals surface area (Å²) in [5.74, 6) is 1.85. The van der Waals surface area contributed by atoms with Gasteiger partial charge >= 0.3 is 0 Å². The number of nitrogens with one attached hydrogen (secondary N) is 1. The minimum atomic E-state index is 0.613. The lowest BCUT2D eigenvalue weighted by Crippen LogP contribution is -2.17. The highest BCUT2D eigenvalue weighted by molar-refractivity contribution is 5.02. The summed E-state index contributed by atoms with van der Waals surface area (Å²) in [4.78, 5) is 0. The molecule has 1 unspecified atom stereocenters. The van der Waals surface area contributed by atoms with Crippen LogP contribution < -0.4 is 5.32 Å². The van der Waals surface area contributed by atoms with Crippen molar-refractivity contribution in [3.63, 3.8) is 0 Å². The van der Waals surface area contributed by atoms with E-state index >= 15 is 0 Å². The number of hydrogen-bond acceptors (Lipinski definition) is 1. The molecule has 0 aromatic rings. The van der Waals surface area contributed by atoms with Crippen molar-refractivity contribution in [1.29, 1.82) is 0 Å². The van der Waals surface area contributed by atoms with E-state index in [4.69, 9.17) is 0 Å². The van der Waals surface area contributed by atoms with Crippen molar-refractivity contribution in [2.24, 2.45) is 17.3 Å². The molecular weight excluding hydrogens is 122 g/mol. The molecule has 60 valence electrons. The van der Waals surface area contributed by atoms with Crippen LogP contribution in [-0.4, -0.2) is 13.1 Å². The molecule has 0 radical (unpaired) electrons. The van der Waals surface area contributed by atoms with E-state index in [1.165, 1.54) is 6.54 Å². The van der Waals surface area contributed by atoms with Gasteiger partial charge in [-0.15, -0.1) is 0 Å². The molecule has 0 spiro atoms. The zero-order chi connectivity index (χ0) is 7.78. The van der Waals surface area contributed by atoms with E-state index in [0.717, 1.165) is 18.4 Å². The highest BCUT2D eigenvalue weighted by atomic mass is 14.9. The van der Waals surface area contributed by atoms with Gasteiger partial charge < -0.3 is 5.32 Å². The van der Waals surface area contributed by atoms with Crippen LogP contribution in [-0.2, 0) is 0 Å². The van der Waals surface area contributed by atoms with Crippen LogP contribution in [0.2, 0.25) is 0 Å². The monoisotopic (exact) mass is 141 g/mol. The second-order valence-corrected chi connectivity index (χ2v) is 4.02. The Balaban J connectivity index is 2.22. The van der Waals surface area contributed by atoms with Crippen molar-refractivity contribution in [2.45, 2.75) is 27.7 Å². The second kappa shape index (κ2) is 2.54. The fraction of sp³-hybridized carbons (Fsp3) is 1.00. The Morgan fingerprint density at radius 3 is 2.20 bits per heavy atom. The SMILES string of the molecule is CCNC[C@@H]1C(C)C1(C)C. The Labute approximate surface area is 64.2 Å². The first kappa shape index (κ1) is 8.06. The molecule has 1 rings (SSSR count). The summed E-state index contributed by atoms with van der Waals surface area (Å²) in [6.45, 7) is 11.6. The Bertz CT molecular complexity index is 118. The van der Waals surface area contributed by atoms with Gasteiger partial charge in [0.25, 0.3) is 0 Å². The molecule has 1 aliphatic rings. The Morgan fingerprint density at radius 1 is 1.40 bits per heavy atom. The highest BCUT2D eigenvalue weighted by Crippen LogP contribution is 2.57. The second-order valence-electron chi connectivity index (χ2n) is 4.02. The van der Waals surface area contributed by atoms with Gasteiger partial charge in [-0.05, 0) is 30.3 Å². The minimum absolute atomic E-state index is 0.613. The molecule has 0 aliphatic heterocycles. The van der Waals surface area contributed by atoms with Crippen molar-refractivity contribution < 1.29 is 0 Å². The number of rotatable bonds is 3. The molecule has 10 heavy (non-hydrogen) atoms. The van der Waals surface area contributed by atoms with Crippen LogP contribution in [0, 0.1) is 17.3 Å². The van der Waals surface area contributed by atoms with Gasteiger partial charge in [-0.2, -0.15) is 0 Å². The molecule has 1 N–H and O–H groups in total. The third kappa shape index (κ3) is 1.20. The molecule has 1 saturated carbocycles. The Morgan fingerprint density at radius 2 is 1.90 bits per heavy atom. The average molecular weight is 141 g/mol. The molecule has 1 fully saturated rings. The molecule has 0 bridgehead atoms. The standard InChI is InChI=1S/C9H19N/c1-5-10-6-8-7(2)9(8,3)4/h7-8,10H,5-6H2,1-4H3/t7?,8-/m1/s1. The summed E-state index contributed by atoms with van der Waals surface area (Å²) in [5.41, 5.74) is 0.613. The fourth-order valence-corrected chi connectivity index (χ4v) is 1.76. The largest absolute Gasteiger partial charge is 0.317 e. The third-order valence-corrected chi connectivity index (χ3v) is 3.24. The normalized spacial score (nSPS) is 36.0. The Kier molecular flexibility index (Phi) is 2.04. The van der Waals surface area contributed by atoms with Gasteiger partial charge in [-0.3, -0.25) is 0 Å². The van der Waals surface area contributed by atoms with E-state index in [0.29, 0.717) is 5.41 Å². The third-order valence-electron chi connectivity index (χ3n) is 3.24. The quantitative estimate of drug-likeness (QED) is 0.633. The smallest absolute Gasteiger partial charge is 0.00127 e. The summed E-state index contributed by atoms with van der Waals surface area (Å²) in [7, 11) is 0. The lowest BCUT2D eigenvalue weighted by molar-refractivity contribution is 0.522. The average Bonchev–Trinajstić information content (AvgIpc) is 2.31. The molecule has 1 aliphatic carbocycles. The zero-order valence-electron chi connectivity index (χ0n) is 7.57. The molecule has 0 amide bonds. The molecule has 1 heteroatoms. The van der Waals surface area contributed by atoms with Crippen LogP contribution in [0.25, 0.3) is 0 Å². The summed E-state index contributed by atoms with van der Waals surface area (Å²) >= 11 is 0. The maximum Gasteiger partial charge on any atom is -0.00127 e. The van der Waals surface area contributed by atoms with Gasteiger partial charge in [0.2, 0.25) is 0 Å². The molecule has 2 atom stereocenters. The lowest BCUT2D eigenvalue weighted by atomic mass is 10.1. The van der Waals surface area contributed by atoms with E-state index in [1.54, 1.807) is 0 Å². The molecule has 0 saturated heterocycles. The summed E-state index contributed by atoms with van der Waals surface area (Å²) in [6.07, 6.45) is 0. The highest BCUT2D eigenvalue weighted by Gasteiger charge is 2.53. The van der Waals surface area contributed by atoms with Gasteiger partial charge in [-0.1, -0.05) is 27.7 Å². The van der Waals surface area contributed by atoms with E-state index < -0.39 is 0 Å². The predicted molar refractivity (Wildman–Crippen MR) is 45.0 cm³/mol. The summed E-state index contributed by atoms with van der Waals surface area (Å²) < 4.78 is 0. The molecule has 0 aromatic carbocycles. The van der Waals surface area contributed by atoms with E-state index in [-0.39, 0.29) is 0 Å². The van der Waals surface area contributed by atoms with Crippen LogP contribution >= 0.6 is 0 Å². The first-order chi connectivity index (χ1) is 4.60. The first-order valence-electron chi connectivity index (χ1n) is 4.31. The zero-order valence-corrected chi connectivity index (χ0v) is 7.57. The van der Waals surface area contributed by atoms with Crippen molar-refractivity contribution in [3.05, 3.63) is 0 Å². The van der Waals surface area contributed by atoms with Crippen LogP contribution in [0.5, 0.6) is 0 Å². The van der Waals surface area contributed by atoms with Gasteiger partial charge in [0, 0.05) is 0 Å². The maximum absolute atomic E-state index is 3.40. The number of hydrogen-bond donors (Lipinski definition) is 1. The summed E-state index contributed by atoms with van der Waals surface area (Å²) in [5, 5.41) is 3.40. The van der Waals surface area contributed by atoms with E-state index in [2.05, 4.69) is 33.0 Å². The molecular formula is C9H19N. The van der Waals surface area contributed by atoms with Gasteiger partial charge in [-0.25, -0.2) is 0 Å². The minimum Gasteiger partial charge on any atom is -0.317 e.